The van der Waals surface area contributed by atoms with Crippen molar-refractivity contribution in [2.75, 3.05) is 11.9 Å². The van der Waals surface area contributed by atoms with Gasteiger partial charge >= 0.3 is 6.09 Å². The van der Waals surface area contributed by atoms with E-state index in [9.17, 15) is 18.8 Å². The van der Waals surface area contributed by atoms with Crippen LogP contribution in [0.5, 0.6) is 0 Å². The van der Waals surface area contributed by atoms with Crippen LogP contribution >= 0.6 is 11.3 Å². The Morgan fingerprint density at radius 2 is 2.12 bits per heavy atom. The lowest BCUT2D eigenvalue weighted by molar-refractivity contribution is 0.0926. The van der Waals surface area contributed by atoms with Crippen molar-refractivity contribution in [1.82, 2.24) is 19.9 Å². The molecule has 0 aliphatic rings. The van der Waals surface area contributed by atoms with Gasteiger partial charge in [-0.1, -0.05) is 11.3 Å². The molecule has 0 bridgehead atoms. The fourth-order valence-corrected chi connectivity index (χ4v) is 2.83. The van der Waals surface area contributed by atoms with Gasteiger partial charge in [0.2, 0.25) is 0 Å². The van der Waals surface area contributed by atoms with E-state index in [1.807, 2.05) is 5.32 Å². The topological polar surface area (TPSA) is 115 Å². The lowest BCUT2D eigenvalue weighted by Crippen LogP contribution is -2.31. The van der Waals surface area contributed by atoms with Crippen LogP contribution in [-0.2, 0) is 4.74 Å². The maximum atomic E-state index is 13.6. The van der Waals surface area contributed by atoms with Gasteiger partial charge in [0.15, 0.2) is 10.8 Å². The van der Waals surface area contributed by atoms with Gasteiger partial charge in [-0.25, -0.2) is 14.3 Å². The summed E-state index contributed by atoms with van der Waals surface area (Å²) in [5.74, 6) is -1.54. The minimum absolute atomic E-state index is 0.0426. The molecule has 134 valence electrons. The standard InChI is InChI=1S/C15H12FN5O4S/c1-2-25-15(24)19-12(22)8-7-10(16)26-14(8)18-13(23)9-3-4-11-17-5-6-21(11)20-9/h3-7H,2H2,1H3,(H,18,23)(H,19,22,24). The summed E-state index contributed by atoms with van der Waals surface area (Å²) in [4.78, 5) is 39.8. The van der Waals surface area contributed by atoms with E-state index in [4.69, 9.17) is 0 Å². The minimum Gasteiger partial charge on any atom is -0.450 e. The second-order valence-corrected chi connectivity index (χ2v) is 5.87. The number of halogens is 1. The second-order valence-electron chi connectivity index (χ2n) is 4.87. The molecule has 0 aromatic carbocycles. The Balaban J connectivity index is 1.79. The highest BCUT2D eigenvalue weighted by Crippen LogP contribution is 2.27. The lowest BCUT2D eigenvalue weighted by Gasteiger charge is -2.06. The Morgan fingerprint density at radius 3 is 2.88 bits per heavy atom. The molecule has 0 aliphatic heterocycles. The molecule has 9 nitrogen and oxygen atoms in total. The van der Waals surface area contributed by atoms with Gasteiger partial charge in [-0.05, 0) is 19.1 Å². The van der Waals surface area contributed by atoms with Gasteiger partial charge in [0.1, 0.15) is 10.7 Å². The van der Waals surface area contributed by atoms with Crippen LogP contribution in [0.25, 0.3) is 5.65 Å². The molecule has 2 N–H and O–H groups in total. The third-order valence-corrected chi connectivity index (χ3v) is 3.99. The Bertz CT molecular complexity index is 999. The number of carbonyl (C=O) groups excluding carboxylic acids is 3. The average Bonchev–Trinajstić information content (AvgIpc) is 3.20. The van der Waals surface area contributed by atoms with Gasteiger partial charge in [-0.3, -0.25) is 14.9 Å². The third-order valence-electron chi connectivity index (χ3n) is 3.15. The lowest BCUT2D eigenvalue weighted by atomic mass is 10.3. The number of nitrogens with one attached hydrogen (secondary N) is 2. The van der Waals surface area contributed by atoms with Crippen LogP contribution in [0.15, 0.2) is 30.6 Å². The first-order valence-corrected chi connectivity index (χ1v) is 8.18. The summed E-state index contributed by atoms with van der Waals surface area (Å²) < 4.78 is 19.6. The molecule has 0 saturated carbocycles. The van der Waals surface area contributed by atoms with E-state index in [-0.39, 0.29) is 22.9 Å². The first-order valence-electron chi connectivity index (χ1n) is 7.37. The molecule has 0 saturated heterocycles. The van der Waals surface area contributed by atoms with Gasteiger partial charge < -0.3 is 10.1 Å². The summed E-state index contributed by atoms with van der Waals surface area (Å²) in [6.07, 6.45) is 2.12. The van der Waals surface area contributed by atoms with Crippen LogP contribution in [0.1, 0.15) is 27.8 Å². The molecule has 0 unspecified atom stereocenters. The number of fused-ring (bicyclic) bond motifs is 1. The average molecular weight is 377 g/mol. The van der Waals surface area contributed by atoms with E-state index >= 15 is 0 Å². The van der Waals surface area contributed by atoms with Gasteiger partial charge in [0.05, 0.1) is 12.2 Å². The summed E-state index contributed by atoms with van der Waals surface area (Å²) in [6.45, 7) is 1.65. The first kappa shape index (κ1) is 17.5. The summed E-state index contributed by atoms with van der Waals surface area (Å²) in [5, 5.41) is 7.67. The molecule has 3 aromatic heterocycles. The zero-order valence-corrected chi connectivity index (χ0v) is 14.2. The third kappa shape index (κ3) is 3.67. The molecule has 0 spiro atoms. The largest absolute Gasteiger partial charge is 0.450 e. The van der Waals surface area contributed by atoms with Crippen molar-refractivity contribution < 1.29 is 23.5 Å². The van der Waals surface area contributed by atoms with Crippen LogP contribution in [0.2, 0.25) is 0 Å². The number of carbonyl (C=O) groups is 3. The number of alkyl carbamates (subject to hydrolysis) is 1. The van der Waals surface area contributed by atoms with Crippen molar-refractivity contribution in [2.45, 2.75) is 6.92 Å². The van der Waals surface area contributed by atoms with Crippen molar-refractivity contribution in [3.8, 4) is 0 Å². The summed E-state index contributed by atoms with van der Waals surface area (Å²) in [5.41, 5.74) is 0.400. The SMILES string of the molecule is CCOC(=O)NC(=O)c1cc(F)sc1NC(=O)c1ccc2nccn2n1. The molecular formula is C15H12FN5O4S. The molecule has 0 fully saturated rings. The van der Waals surface area contributed by atoms with Crippen LogP contribution in [0.3, 0.4) is 0 Å². The number of imidazole rings is 1. The molecule has 3 aromatic rings. The van der Waals surface area contributed by atoms with Gasteiger partial charge in [0, 0.05) is 18.5 Å². The van der Waals surface area contributed by atoms with Gasteiger partial charge in [-0.2, -0.15) is 9.49 Å². The maximum absolute atomic E-state index is 13.6. The molecule has 11 heteroatoms. The van der Waals surface area contributed by atoms with Crippen molar-refractivity contribution in [3.63, 3.8) is 0 Å². The molecule has 0 atom stereocenters. The number of thiophene rings is 1. The highest BCUT2D eigenvalue weighted by molar-refractivity contribution is 7.15. The second kappa shape index (κ2) is 7.27. The molecule has 26 heavy (non-hydrogen) atoms. The van der Waals surface area contributed by atoms with Gasteiger partial charge in [0.25, 0.3) is 11.8 Å². The Morgan fingerprint density at radius 1 is 1.31 bits per heavy atom. The monoisotopic (exact) mass is 377 g/mol. The van der Waals surface area contributed by atoms with Gasteiger partial charge in [-0.15, -0.1) is 0 Å². The molecule has 3 heterocycles. The van der Waals surface area contributed by atoms with E-state index < -0.39 is 23.0 Å². The van der Waals surface area contributed by atoms with Crippen molar-refractivity contribution in [3.05, 3.63) is 47.0 Å². The highest BCUT2D eigenvalue weighted by Gasteiger charge is 2.21. The minimum atomic E-state index is -0.964. The van der Waals surface area contributed by atoms with Crippen LogP contribution in [-0.4, -0.2) is 39.1 Å². The van der Waals surface area contributed by atoms with E-state index in [0.29, 0.717) is 17.0 Å². The predicted molar refractivity (Wildman–Crippen MR) is 89.7 cm³/mol. The fraction of sp³-hybridized carbons (Fsp3) is 0.133. The zero-order valence-electron chi connectivity index (χ0n) is 13.4. The van der Waals surface area contributed by atoms with E-state index in [2.05, 4.69) is 20.1 Å². The number of hydrogen-bond acceptors (Lipinski definition) is 7. The normalized spacial score (nSPS) is 10.5. The first-order chi connectivity index (χ1) is 12.5. The van der Waals surface area contributed by atoms with Crippen LogP contribution in [0, 0.1) is 5.13 Å². The van der Waals surface area contributed by atoms with Crippen LogP contribution < -0.4 is 10.6 Å². The number of rotatable bonds is 4. The number of hydrogen-bond donors (Lipinski definition) is 2. The number of anilines is 1. The highest BCUT2D eigenvalue weighted by atomic mass is 32.1. The summed E-state index contributed by atoms with van der Waals surface area (Å²) >= 11 is 0.553. The van der Waals surface area contributed by atoms with Crippen LogP contribution in [0.4, 0.5) is 14.2 Å². The number of ether oxygens (including phenoxy) is 1. The summed E-state index contributed by atoms with van der Waals surface area (Å²) in [7, 11) is 0. The Hall–Kier alpha value is -3.34. The van der Waals surface area contributed by atoms with Crippen molar-refractivity contribution in [2.24, 2.45) is 0 Å². The van der Waals surface area contributed by atoms with E-state index in [0.717, 1.165) is 6.07 Å². The maximum Gasteiger partial charge on any atom is 0.414 e. The van der Waals surface area contributed by atoms with E-state index in [1.165, 1.54) is 16.8 Å². The fourth-order valence-electron chi connectivity index (χ4n) is 2.05. The quantitative estimate of drug-likeness (QED) is 0.719. The van der Waals surface area contributed by atoms with E-state index in [1.54, 1.807) is 19.2 Å². The number of amides is 3. The molecule has 0 radical (unpaired) electrons. The number of nitrogens with zero attached hydrogens (tertiary/aromatic N) is 3. The molecule has 3 rings (SSSR count). The smallest absolute Gasteiger partial charge is 0.414 e. The van der Waals surface area contributed by atoms with Crippen molar-refractivity contribution >= 4 is 39.9 Å². The summed E-state index contributed by atoms with van der Waals surface area (Å²) in [6, 6.07) is 3.95. The molecule has 0 aliphatic carbocycles. The van der Waals surface area contributed by atoms with Crippen molar-refractivity contribution in [1.29, 1.82) is 0 Å². The number of imide groups is 1. The molecule has 3 amide bonds. The zero-order chi connectivity index (χ0) is 18.7. The predicted octanol–water partition coefficient (Wildman–Crippen LogP) is 2.07. The number of aromatic nitrogens is 3. The Kier molecular flexibility index (Phi) is 4.89. The molecular weight excluding hydrogens is 365 g/mol. The Labute approximate surface area is 149 Å².